The van der Waals surface area contributed by atoms with Gasteiger partial charge in [-0.1, -0.05) is 11.6 Å². The number of aromatic nitrogens is 1. The minimum atomic E-state index is -0.841. The number of aryl methyl sites for hydroxylation is 1. The predicted octanol–water partition coefficient (Wildman–Crippen LogP) is 4.62. The summed E-state index contributed by atoms with van der Waals surface area (Å²) in [6.45, 7) is 3.13. The van der Waals surface area contributed by atoms with Gasteiger partial charge < -0.3 is 4.90 Å². The van der Waals surface area contributed by atoms with Crippen molar-refractivity contribution in [3.8, 4) is 17.3 Å². The van der Waals surface area contributed by atoms with Crippen LogP contribution >= 0.6 is 11.6 Å². The van der Waals surface area contributed by atoms with Crippen molar-refractivity contribution in [3.05, 3.63) is 52.2 Å². The average molecular weight is 476 g/mol. The molecule has 1 spiro atoms. The predicted molar refractivity (Wildman–Crippen MR) is 127 cm³/mol. The first kappa shape index (κ1) is 22.7. The molecule has 1 saturated heterocycles. The Bertz CT molecular complexity index is 1180. The third-order valence-corrected chi connectivity index (χ3v) is 7.93. The Balaban J connectivity index is 1.34. The van der Waals surface area contributed by atoms with E-state index in [1.165, 1.54) is 6.20 Å². The van der Waals surface area contributed by atoms with Crippen molar-refractivity contribution in [1.82, 2.24) is 9.88 Å². The van der Waals surface area contributed by atoms with Crippen molar-refractivity contribution in [3.63, 3.8) is 0 Å². The molecule has 2 aromatic rings. The molecule has 0 radical (unpaired) electrons. The second-order valence-electron chi connectivity index (χ2n) is 10.1. The normalized spacial score (nSPS) is 20.4. The van der Waals surface area contributed by atoms with E-state index >= 15 is 0 Å². The van der Waals surface area contributed by atoms with E-state index in [-0.39, 0.29) is 28.8 Å². The highest BCUT2D eigenvalue weighted by molar-refractivity contribution is 6.33. The molecule has 34 heavy (non-hydrogen) atoms. The molecule has 7 heteroatoms. The molecule has 174 valence electrons. The molecular weight excluding hydrogens is 450 g/mol. The van der Waals surface area contributed by atoms with Crippen LogP contribution in [0.15, 0.2) is 30.5 Å². The Kier molecular flexibility index (Phi) is 5.77. The molecule has 3 fully saturated rings. The maximum Gasteiger partial charge on any atom is 0.225 e. The zero-order valence-corrected chi connectivity index (χ0v) is 19.9. The number of nitriles is 1. The first-order valence-electron chi connectivity index (χ1n) is 11.8. The lowest BCUT2D eigenvalue weighted by Crippen LogP contribution is -2.48. The Labute approximate surface area is 203 Å². The van der Waals surface area contributed by atoms with Crippen LogP contribution in [-0.2, 0) is 14.4 Å². The maximum absolute atomic E-state index is 13.3. The molecule has 1 aromatic carbocycles. The minimum absolute atomic E-state index is 0.0764. The van der Waals surface area contributed by atoms with Crippen LogP contribution in [0.4, 0.5) is 0 Å². The number of pyridine rings is 1. The van der Waals surface area contributed by atoms with Crippen molar-refractivity contribution in [2.45, 2.75) is 51.4 Å². The molecule has 0 bridgehead atoms. The topological polar surface area (TPSA) is 91.1 Å². The zero-order chi connectivity index (χ0) is 24.0. The van der Waals surface area contributed by atoms with Gasteiger partial charge in [-0.2, -0.15) is 5.26 Å². The number of carbonyl (C=O) groups excluding carboxylic acids is 3. The van der Waals surface area contributed by atoms with Gasteiger partial charge in [-0.05, 0) is 73.4 Å². The lowest BCUT2D eigenvalue weighted by atomic mass is 9.63. The van der Waals surface area contributed by atoms with Crippen LogP contribution in [0.25, 0.3) is 11.3 Å². The Morgan fingerprint density at radius 1 is 1.15 bits per heavy atom. The Hall–Kier alpha value is -3.04. The summed E-state index contributed by atoms with van der Waals surface area (Å²) in [6.07, 6.45) is 5.58. The third kappa shape index (κ3) is 4.14. The summed E-state index contributed by atoms with van der Waals surface area (Å²) in [5.74, 6) is -0.562. The number of rotatable bonds is 3. The SMILES string of the molecule is Cc1cc(-c2ccc(C#N)cn2)cc(Cl)c1C1C(=O)CC2(CCN(C(=O)C3CC3)CC2)CC1=O. The molecule has 0 N–H and O–H groups in total. The number of hydrogen-bond acceptors (Lipinski definition) is 5. The van der Waals surface area contributed by atoms with E-state index in [2.05, 4.69) is 4.98 Å². The fourth-order valence-electron chi connectivity index (χ4n) is 5.55. The number of hydrogen-bond donors (Lipinski definition) is 0. The fraction of sp³-hybridized carbons (Fsp3) is 0.444. The number of benzene rings is 1. The maximum atomic E-state index is 13.3. The minimum Gasteiger partial charge on any atom is -0.342 e. The molecule has 2 saturated carbocycles. The first-order chi connectivity index (χ1) is 16.3. The number of nitrogens with zero attached hydrogens (tertiary/aromatic N) is 3. The van der Waals surface area contributed by atoms with E-state index in [1.807, 2.05) is 24.0 Å². The van der Waals surface area contributed by atoms with Crippen LogP contribution in [0.1, 0.15) is 61.1 Å². The third-order valence-electron chi connectivity index (χ3n) is 7.62. The Morgan fingerprint density at radius 2 is 1.82 bits per heavy atom. The van der Waals surface area contributed by atoms with Crippen molar-refractivity contribution in [1.29, 1.82) is 5.26 Å². The lowest BCUT2D eigenvalue weighted by molar-refractivity contribution is -0.140. The Morgan fingerprint density at radius 3 is 2.35 bits per heavy atom. The second-order valence-corrected chi connectivity index (χ2v) is 10.5. The van der Waals surface area contributed by atoms with Crippen molar-refractivity contribution in [2.75, 3.05) is 13.1 Å². The summed E-state index contributed by atoms with van der Waals surface area (Å²) >= 11 is 6.65. The van der Waals surface area contributed by atoms with Gasteiger partial charge >= 0.3 is 0 Å². The van der Waals surface area contributed by atoms with E-state index in [4.69, 9.17) is 16.9 Å². The van der Waals surface area contributed by atoms with Gasteiger partial charge in [0.2, 0.25) is 5.91 Å². The van der Waals surface area contributed by atoms with Gasteiger partial charge in [0.15, 0.2) is 0 Å². The molecule has 1 aliphatic heterocycles. The number of Topliss-reactive ketones (excluding diaryl/α,β-unsaturated/α-hetero) is 2. The molecule has 6 nitrogen and oxygen atoms in total. The van der Waals surface area contributed by atoms with Crippen LogP contribution in [-0.4, -0.2) is 40.4 Å². The summed E-state index contributed by atoms with van der Waals surface area (Å²) < 4.78 is 0. The average Bonchev–Trinajstić information content (AvgIpc) is 3.66. The van der Waals surface area contributed by atoms with Gasteiger partial charge in [-0.25, -0.2) is 0 Å². The molecule has 2 heterocycles. The highest BCUT2D eigenvalue weighted by atomic mass is 35.5. The molecule has 2 aliphatic carbocycles. The van der Waals surface area contributed by atoms with E-state index in [0.717, 1.165) is 24.0 Å². The molecule has 0 atom stereocenters. The van der Waals surface area contributed by atoms with Gasteiger partial charge in [0.25, 0.3) is 0 Å². The van der Waals surface area contributed by atoms with Crippen LogP contribution in [0.5, 0.6) is 0 Å². The van der Waals surface area contributed by atoms with Gasteiger partial charge in [-0.15, -0.1) is 0 Å². The van der Waals surface area contributed by atoms with Crippen molar-refractivity contribution >= 4 is 29.1 Å². The zero-order valence-electron chi connectivity index (χ0n) is 19.1. The number of ketones is 2. The molecule has 1 amide bonds. The van der Waals surface area contributed by atoms with Crippen molar-refractivity contribution < 1.29 is 14.4 Å². The lowest BCUT2D eigenvalue weighted by Gasteiger charge is -2.44. The van der Waals surface area contributed by atoms with Gasteiger partial charge in [0, 0.05) is 48.6 Å². The molecule has 1 aromatic heterocycles. The second kappa shape index (κ2) is 8.63. The molecule has 0 unspecified atom stereocenters. The summed E-state index contributed by atoms with van der Waals surface area (Å²) in [7, 11) is 0. The highest BCUT2D eigenvalue weighted by Gasteiger charge is 2.48. The summed E-state index contributed by atoms with van der Waals surface area (Å²) in [6, 6.07) is 9.13. The first-order valence-corrected chi connectivity index (χ1v) is 12.2. The van der Waals surface area contributed by atoms with Crippen molar-refractivity contribution in [2.24, 2.45) is 11.3 Å². The van der Waals surface area contributed by atoms with E-state index in [0.29, 0.717) is 60.6 Å². The van der Waals surface area contributed by atoms with E-state index < -0.39 is 5.92 Å². The standard InChI is InChI=1S/C27H26ClN3O3/c1-16-10-19(21-5-2-17(14-29)15-30-21)11-20(28)24(16)25-22(32)12-27(13-23(25)33)6-8-31(9-7-27)26(34)18-3-4-18/h2,5,10-11,15,18,25H,3-4,6-9,12-13H2,1H3. The summed E-state index contributed by atoms with van der Waals surface area (Å²) in [5, 5.41) is 9.36. The largest absolute Gasteiger partial charge is 0.342 e. The molecule has 3 aliphatic rings. The number of likely N-dealkylation sites (tertiary alicyclic amines) is 1. The van der Waals surface area contributed by atoms with Crippen LogP contribution in [0.2, 0.25) is 5.02 Å². The molecule has 5 rings (SSSR count). The number of halogens is 1. The van der Waals surface area contributed by atoms with E-state index in [1.54, 1.807) is 18.2 Å². The monoisotopic (exact) mass is 475 g/mol. The number of piperidine rings is 1. The quantitative estimate of drug-likeness (QED) is 0.604. The molecular formula is C27H26ClN3O3. The van der Waals surface area contributed by atoms with Gasteiger partial charge in [-0.3, -0.25) is 19.4 Å². The summed E-state index contributed by atoms with van der Waals surface area (Å²) in [5.41, 5.74) is 2.95. The van der Waals surface area contributed by atoms with Crippen LogP contribution in [0, 0.1) is 29.6 Å². The van der Waals surface area contributed by atoms with Gasteiger partial charge in [0.05, 0.1) is 11.3 Å². The number of amides is 1. The number of carbonyl (C=O) groups is 3. The van der Waals surface area contributed by atoms with Crippen LogP contribution < -0.4 is 0 Å². The highest BCUT2D eigenvalue weighted by Crippen LogP contribution is 2.48. The smallest absolute Gasteiger partial charge is 0.225 e. The summed E-state index contributed by atoms with van der Waals surface area (Å²) in [4.78, 5) is 45.3. The fourth-order valence-corrected chi connectivity index (χ4v) is 5.93. The van der Waals surface area contributed by atoms with E-state index in [9.17, 15) is 14.4 Å². The van der Waals surface area contributed by atoms with Gasteiger partial charge in [0.1, 0.15) is 23.6 Å². The van der Waals surface area contributed by atoms with Crippen LogP contribution in [0.3, 0.4) is 0 Å².